The Labute approximate surface area is 412 Å². The van der Waals surface area contributed by atoms with Gasteiger partial charge in [0.25, 0.3) is 0 Å². The SMILES string of the molecule is C1=Cc2c(n(-c3ccccc3-c3cccc(-c4ccccc4N(c4ccc(-c5cccc6c5oc5ccccc56)cc4)c4ccccc4-c4cc5ccccc5c5ccccc45)c3)c3ccccc23)CC1. The summed E-state index contributed by atoms with van der Waals surface area (Å²) in [4.78, 5) is 2.46. The maximum atomic E-state index is 6.55. The van der Waals surface area contributed by atoms with Crippen LogP contribution in [0.3, 0.4) is 0 Å². The third kappa shape index (κ3) is 6.73. The standard InChI is InChI=1S/C68H46N2O/c1-2-22-50-48(19-1)44-61(55-26-4-3-25-54(50)55)58-29-9-13-35-64(58)69(49-41-39-45(40-42-49)53-31-18-32-60-59-30-10-16-38-67(59)71-68(53)60)62-33-11-5-23-51(62)46-20-17-21-47(43-46)52-24-6-12-34-63(52)70-65-36-14-7-27-56(65)57-28-8-15-37-66(57)70/h1-14,16-36,38-44H,15,37H2. The third-order valence-electron chi connectivity index (χ3n) is 14.7. The molecule has 1 aliphatic carbocycles. The normalized spacial score (nSPS) is 12.3. The molecule has 0 aliphatic heterocycles. The summed E-state index contributed by atoms with van der Waals surface area (Å²) in [6.07, 6.45) is 6.67. The van der Waals surface area contributed by atoms with Crippen LogP contribution in [-0.4, -0.2) is 4.57 Å². The van der Waals surface area contributed by atoms with E-state index in [1.54, 1.807) is 0 Å². The molecule has 3 heteroatoms. The molecule has 0 bridgehead atoms. The van der Waals surface area contributed by atoms with Gasteiger partial charge in [-0.25, -0.2) is 0 Å². The van der Waals surface area contributed by atoms with Crippen LogP contribution < -0.4 is 4.90 Å². The van der Waals surface area contributed by atoms with E-state index in [2.05, 4.69) is 258 Å². The topological polar surface area (TPSA) is 21.3 Å². The van der Waals surface area contributed by atoms with Crippen LogP contribution >= 0.6 is 0 Å². The van der Waals surface area contributed by atoms with E-state index in [4.69, 9.17) is 4.42 Å². The van der Waals surface area contributed by atoms with Gasteiger partial charge in [-0.3, -0.25) is 0 Å². The summed E-state index contributed by atoms with van der Waals surface area (Å²) in [6.45, 7) is 0. The third-order valence-corrected chi connectivity index (χ3v) is 14.7. The van der Waals surface area contributed by atoms with Crippen molar-refractivity contribution in [3.8, 4) is 50.2 Å². The Morgan fingerprint density at radius 1 is 0.394 bits per heavy atom. The number of fused-ring (bicyclic) bond motifs is 9. The fourth-order valence-electron chi connectivity index (χ4n) is 11.5. The van der Waals surface area contributed by atoms with E-state index in [0.29, 0.717) is 0 Å². The van der Waals surface area contributed by atoms with E-state index in [0.717, 1.165) is 79.7 Å². The molecule has 0 unspecified atom stereocenters. The zero-order valence-electron chi connectivity index (χ0n) is 39.0. The number of nitrogens with zero attached hydrogens (tertiary/aromatic N) is 2. The van der Waals surface area contributed by atoms with Crippen molar-refractivity contribution in [3.05, 3.63) is 260 Å². The van der Waals surface area contributed by atoms with Crippen LogP contribution in [0.2, 0.25) is 0 Å². The zero-order chi connectivity index (χ0) is 46.8. The maximum absolute atomic E-state index is 6.55. The summed E-state index contributed by atoms with van der Waals surface area (Å²) >= 11 is 0. The number of furan rings is 1. The lowest BCUT2D eigenvalue weighted by Gasteiger charge is -2.30. The van der Waals surface area contributed by atoms with Crippen LogP contribution in [0.25, 0.3) is 111 Å². The van der Waals surface area contributed by atoms with Crippen LogP contribution in [0.4, 0.5) is 17.1 Å². The minimum absolute atomic E-state index is 0.897. The second-order valence-corrected chi connectivity index (χ2v) is 18.6. The lowest BCUT2D eigenvalue weighted by atomic mass is 9.91. The number of hydrogen-bond donors (Lipinski definition) is 0. The summed E-state index contributed by atoms with van der Waals surface area (Å²) < 4.78 is 9.06. The molecule has 0 saturated heterocycles. The minimum Gasteiger partial charge on any atom is -0.455 e. The highest BCUT2D eigenvalue weighted by Crippen LogP contribution is 2.48. The number of hydrogen-bond acceptors (Lipinski definition) is 2. The highest BCUT2D eigenvalue weighted by molar-refractivity contribution is 6.15. The molecule has 0 spiro atoms. The minimum atomic E-state index is 0.897. The van der Waals surface area contributed by atoms with Crippen molar-refractivity contribution >= 4 is 77.5 Å². The molecule has 1 aliphatic rings. The zero-order valence-corrected chi connectivity index (χ0v) is 39.0. The van der Waals surface area contributed by atoms with Crippen LogP contribution in [0.1, 0.15) is 17.7 Å². The van der Waals surface area contributed by atoms with Gasteiger partial charge in [-0.05, 0) is 111 Å². The van der Waals surface area contributed by atoms with E-state index < -0.39 is 0 Å². The van der Waals surface area contributed by atoms with Gasteiger partial charge in [0, 0.05) is 55.4 Å². The lowest BCUT2D eigenvalue weighted by Crippen LogP contribution is -2.12. The smallest absolute Gasteiger partial charge is 0.143 e. The average Bonchev–Trinajstić information content (AvgIpc) is 4.00. The van der Waals surface area contributed by atoms with Gasteiger partial charge >= 0.3 is 0 Å². The molecule has 334 valence electrons. The summed E-state index contributed by atoms with van der Waals surface area (Å²) in [7, 11) is 0. The maximum Gasteiger partial charge on any atom is 0.143 e. The van der Waals surface area contributed by atoms with Gasteiger partial charge in [0.15, 0.2) is 0 Å². The van der Waals surface area contributed by atoms with E-state index in [1.807, 2.05) is 6.07 Å². The fourth-order valence-corrected chi connectivity index (χ4v) is 11.5. The number of rotatable bonds is 8. The van der Waals surface area contributed by atoms with Crippen LogP contribution in [0.5, 0.6) is 0 Å². The first-order valence-corrected chi connectivity index (χ1v) is 24.6. The predicted octanol–water partition coefficient (Wildman–Crippen LogP) is 18.9. The fraction of sp³-hybridized carbons (Fsp3) is 0.0294. The van der Waals surface area contributed by atoms with Gasteiger partial charge in [-0.1, -0.05) is 200 Å². The number of anilines is 3. The Kier molecular flexibility index (Phi) is 9.67. The van der Waals surface area contributed by atoms with E-state index in [1.165, 1.54) is 66.1 Å². The van der Waals surface area contributed by atoms with Crippen molar-refractivity contribution in [2.75, 3.05) is 4.90 Å². The molecular formula is C68H46N2O. The first kappa shape index (κ1) is 40.8. The van der Waals surface area contributed by atoms with Gasteiger partial charge < -0.3 is 13.9 Å². The predicted molar refractivity (Wildman–Crippen MR) is 299 cm³/mol. The number of para-hydroxylation sites is 6. The highest BCUT2D eigenvalue weighted by atomic mass is 16.3. The second-order valence-electron chi connectivity index (χ2n) is 18.6. The van der Waals surface area contributed by atoms with Gasteiger partial charge in [0.2, 0.25) is 0 Å². The van der Waals surface area contributed by atoms with Gasteiger partial charge in [-0.15, -0.1) is 0 Å². The Morgan fingerprint density at radius 3 is 1.85 bits per heavy atom. The molecule has 0 amide bonds. The Bertz CT molecular complexity index is 4240. The van der Waals surface area contributed by atoms with Gasteiger partial charge in [0.05, 0.1) is 22.6 Å². The largest absolute Gasteiger partial charge is 0.455 e. The molecule has 0 radical (unpaired) electrons. The van der Waals surface area contributed by atoms with E-state index in [-0.39, 0.29) is 0 Å². The first-order valence-electron chi connectivity index (χ1n) is 24.6. The Hall–Kier alpha value is -9.18. The first-order chi connectivity index (χ1) is 35.2. The Balaban J connectivity index is 0.955. The highest BCUT2D eigenvalue weighted by Gasteiger charge is 2.24. The monoisotopic (exact) mass is 906 g/mol. The van der Waals surface area contributed by atoms with Crippen LogP contribution in [0, 0.1) is 0 Å². The molecule has 0 atom stereocenters. The molecule has 2 aromatic heterocycles. The van der Waals surface area contributed by atoms with Gasteiger partial charge in [0.1, 0.15) is 11.2 Å². The summed E-state index contributed by atoms with van der Waals surface area (Å²) in [5.74, 6) is 0. The number of allylic oxidation sites excluding steroid dienone is 1. The van der Waals surface area contributed by atoms with Crippen molar-refractivity contribution in [1.29, 1.82) is 0 Å². The second kappa shape index (κ2) is 16.8. The molecule has 71 heavy (non-hydrogen) atoms. The molecule has 0 saturated carbocycles. The van der Waals surface area contributed by atoms with Crippen molar-refractivity contribution < 1.29 is 4.42 Å². The van der Waals surface area contributed by atoms with E-state index >= 15 is 0 Å². The van der Waals surface area contributed by atoms with Crippen LogP contribution in [-0.2, 0) is 6.42 Å². The van der Waals surface area contributed by atoms with Crippen LogP contribution in [0.15, 0.2) is 253 Å². The lowest BCUT2D eigenvalue weighted by molar-refractivity contribution is 0.670. The quantitative estimate of drug-likeness (QED) is 0.142. The molecule has 2 heterocycles. The molecule has 11 aromatic carbocycles. The van der Waals surface area contributed by atoms with Crippen molar-refractivity contribution in [1.82, 2.24) is 4.57 Å². The number of aromatic nitrogens is 1. The average molecular weight is 907 g/mol. The van der Waals surface area contributed by atoms with E-state index in [9.17, 15) is 0 Å². The summed E-state index contributed by atoms with van der Waals surface area (Å²) in [5.41, 5.74) is 19.3. The summed E-state index contributed by atoms with van der Waals surface area (Å²) in [6, 6.07) is 88.5. The van der Waals surface area contributed by atoms with Gasteiger partial charge in [-0.2, -0.15) is 0 Å². The number of benzene rings is 11. The Morgan fingerprint density at radius 2 is 1.00 bits per heavy atom. The molecule has 14 rings (SSSR count). The van der Waals surface area contributed by atoms with Crippen molar-refractivity contribution in [3.63, 3.8) is 0 Å². The molecule has 13 aromatic rings. The molecule has 0 N–H and O–H groups in total. The molecular weight excluding hydrogens is 861 g/mol. The van der Waals surface area contributed by atoms with Crippen molar-refractivity contribution in [2.24, 2.45) is 0 Å². The van der Waals surface area contributed by atoms with Crippen molar-refractivity contribution in [2.45, 2.75) is 12.8 Å². The molecule has 0 fully saturated rings. The summed E-state index contributed by atoms with van der Waals surface area (Å²) in [5, 5.41) is 8.49. The molecule has 3 nitrogen and oxygen atoms in total.